The summed E-state index contributed by atoms with van der Waals surface area (Å²) in [6.45, 7) is 2.58. The SMILES string of the molecule is Cc1ccc(Br)cc1NCc1ccc(C(=O)O)cn1. The highest BCUT2D eigenvalue weighted by Gasteiger charge is 2.04. The van der Waals surface area contributed by atoms with E-state index in [1.807, 2.05) is 25.1 Å². The Balaban J connectivity index is 2.06. The molecule has 0 fully saturated rings. The van der Waals surface area contributed by atoms with Crippen LogP contribution in [0.5, 0.6) is 0 Å². The first-order chi connectivity index (χ1) is 9.06. The van der Waals surface area contributed by atoms with E-state index >= 15 is 0 Å². The lowest BCUT2D eigenvalue weighted by atomic mass is 10.2. The molecular weight excluding hydrogens is 308 g/mol. The number of nitrogens with zero attached hydrogens (tertiary/aromatic N) is 1. The number of aromatic nitrogens is 1. The molecule has 5 heteroatoms. The summed E-state index contributed by atoms with van der Waals surface area (Å²) in [5.74, 6) is -0.963. The molecule has 0 bridgehead atoms. The zero-order valence-electron chi connectivity index (χ0n) is 10.4. The molecule has 0 saturated heterocycles. The Morgan fingerprint density at radius 3 is 2.79 bits per heavy atom. The minimum atomic E-state index is -0.963. The number of rotatable bonds is 4. The Labute approximate surface area is 119 Å². The summed E-state index contributed by atoms with van der Waals surface area (Å²) in [6, 6.07) is 9.28. The van der Waals surface area contributed by atoms with Gasteiger partial charge in [0, 0.05) is 16.4 Å². The summed E-state index contributed by atoms with van der Waals surface area (Å²) >= 11 is 3.43. The molecule has 0 aliphatic carbocycles. The Morgan fingerprint density at radius 1 is 1.37 bits per heavy atom. The van der Waals surface area contributed by atoms with E-state index in [1.165, 1.54) is 6.20 Å². The molecule has 1 aromatic heterocycles. The van der Waals surface area contributed by atoms with Gasteiger partial charge in [-0.15, -0.1) is 0 Å². The highest BCUT2D eigenvalue weighted by atomic mass is 79.9. The molecule has 1 aromatic carbocycles. The molecule has 0 spiro atoms. The van der Waals surface area contributed by atoms with Crippen LogP contribution in [-0.4, -0.2) is 16.1 Å². The van der Waals surface area contributed by atoms with Crippen molar-refractivity contribution < 1.29 is 9.90 Å². The summed E-state index contributed by atoms with van der Waals surface area (Å²) < 4.78 is 1.01. The van der Waals surface area contributed by atoms with Crippen LogP contribution in [-0.2, 0) is 6.54 Å². The summed E-state index contributed by atoms with van der Waals surface area (Å²) in [4.78, 5) is 14.8. The molecule has 2 N–H and O–H groups in total. The van der Waals surface area contributed by atoms with Gasteiger partial charge in [0.25, 0.3) is 0 Å². The maximum atomic E-state index is 10.7. The normalized spacial score (nSPS) is 10.2. The molecule has 4 nitrogen and oxygen atoms in total. The van der Waals surface area contributed by atoms with Gasteiger partial charge in [-0.25, -0.2) is 4.79 Å². The molecule has 0 amide bonds. The molecule has 0 aliphatic heterocycles. The van der Waals surface area contributed by atoms with Gasteiger partial charge in [0.2, 0.25) is 0 Å². The number of anilines is 1. The topological polar surface area (TPSA) is 62.2 Å². The first-order valence-corrected chi connectivity index (χ1v) is 6.54. The lowest BCUT2D eigenvalue weighted by Crippen LogP contribution is -2.04. The van der Waals surface area contributed by atoms with Gasteiger partial charge in [0.1, 0.15) is 0 Å². The number of carboxylic acids is 1. The minimum Gasteiger partial charge on any atom is -0.478 e. The first kappa shape index (κ1) is 13.5. The third kappa shape index (κ3) is 3.54. The number of hydrogen-bond acceptors (Lipinski definition) is 3. The second-order valence-corrected chi connectivity index (χ2v) is 5.07. The zero-order valence-corrected chi connectivity index (χ0v) is 11.9. The van der Waals surface area contributed by atoms with E-state index in [1.54, 1.807) is 12.1 Å². The molecule has 0 radical (unpaired) electrons. The van der Waals surface area contributed by atoms with E-state index < -0.39 is 5.97 Å². The van der Waals surface area contributed by atoms with Crippen molar-refractivity contribution in [1.29, 1.82) is 0 Å². The highest BCUT2D eigenvalue weighted by Crippen LogP contribution is 2.21. The van der Waals surface area contributed by atoms with Gasteiger partial charge in [0.15, 0.2) is 0 Å². The van der Waals surface area contributed by atoms with Crippen LogP contribution in [0.3, 0.4) is 0 Å². The van der Waals surface area contributed by atoms with Crippen molar-refractivity contribution in [2.45, 2.75) is 13.5 Å². The van der Waals surface area contributed by atoms with Crippen LogP contribution in [0.25, 0.3) is 0 Å². The average Bonchev–Trinajstić information content (AvgIpc) is 2.40. The van der Waals surface area contributed by atoms with Crippen molar-refractivity contribution in [2.24, 2.45) is 0 Å². The van der Waals surface area contributed by atoms with E-state index in [0.29, 0.717) is 6.54 Å². The largest absolute Gasteiger partial charge is 0.478 e. The number of carbonyl (C=O) groups is 1. The highest BCUT2D eigenvalue weighted by molar-refractivity contribution is 9.10. The van der Waals surface area contributed by atoms with Crippen LogP contribution in [0.1, 0.15) is 21.6 Å². The Morgan fingerprint density at radius 2 is 2.16 bits per heavy atom. The van der Waals surface area contributed by atoms with Gasteiger partial charge in [-0.05, 0) is 36.8 Å². The van der Waals surface area contributed by atoms with Gasteiger partial charge >= 0.3 is 5.97 Å². The molecule has 19 heavy (non-hydrogen) atoms. The minimum absolute atomic E-state index is 0.197. The Hall–Kier alpha value is -1.88. The number of nitrogens with one attached hydrogen (secondary N) is 1. The van der Waals surface area contributed by atoms with Crippen LogP contribution < -0.4 is 5.32 Å². The second-order valence-electron chi connectivity index (χ2n) is 4.16. The van der Waals surface area contributed by atoms with Gasteiger partial charge < -0.3 is 10.4 Å². The van der Waals surface area contributed by atoms with Crippen molar-refractivity contribution in [3.8, 4) is 0 Å². The third-order valence-corrected chi connectivity index (χ3v) is 3.22. The quantitative estimate of drug-likeness (QED) is 0.905. The van der Waals surface area contributed by atoms with Crippen LogP contribution in [0.4, 0.5) is 5.69 Å². The zero-order chi connectivity index (χ0) is 13.8. The third-order valence-electron chi connectivity index (χ3n) is 2.73. The van der Waals surface area contributed by atoms with Crippen LogP contribution in [0.2, 0.25) is 0 Å². The molecule has 98 valence electrons. The fraction of sp³-hybridized carbons (Fsp3) is 0.143. The van der Waals surface area contributed by atoms with Gasteiger partial charge in [0.05, 0.1) is 17.8 Å². The van der Waals surface area contributed by atoms with E-state index in [4.69, 9.17) is 5.11 Å². The smallest absolute Gasteiger partial charge is 0.337 e. The molecule has 0 atom stereocenters. The number of carboxylic acid groups (broad SMARTS) is 1. The molecular formula is C14H13BrN2O2. The Kier molecular flexibility index (Phi) is 4.16. The molecule has 0 saturated carbocycles. The maximum absolute atomic E-state index is 10.7. The summed E-state index contributed by atoms with van der Waals surface area (Å²) in [7, 11) is 0. The van der Waals surface area contributed by atoms with E-state index in [-0.39, 0.29) is 5.56 Å². The van der Waals surface area contributed by atoms with Crippen LogP contribution in [0.15, 0.2) is 41.0 Å². The van der Waals surface area contributed by atoms with E-state index in [2.05, 4.69) is 26.2 Å². The Bertz CT molecular complexity index is 597. The lowest BCUT2D eigenvalue weighted by molar-refractivity contribution is 0.0696. The fourth-order valence-corrected chi connectivity index (χ4v) is 1.99. The number of pyridine rings is 1. The summed E-state index contributed by atoms with van der Waals surface area (Å²) in [5.41, 5.74) is 3.16. The van der Waals surface area contributed by atoms with Gasteiger partial charge in [-0.3, -0.25) is 4.98 Å². The van der Waals surface area contributed by atoms with Crippen molar-refractivity contribution in [3.63, 3.8) is 0 Å². The maximum Gasteiger partial charge on any atom is 0.337 e. The summed E-state index contributed by atoms with van der Waals surface area (Å²) in [5, 5.41) is 12.1. The molecule has 2 aromatic rings. The fourth-order valence-electron chi connectivity index (χ4n) is 1.63. The molecule has 1 heterocycles. The number of benzene rings is 1. The van der Waals surface area contributed by atoms with Crippen molar-refractivity contribution in [2.75, 3.05) is 5.32 Å². The number of aryl methyl sites for hydroxylation is 1. The molecule has 0 aliphatic rings. The second kappa shape index (κ2) is 5.84. The van der Waals surface area contributed by atoms with Gasteiger partial charge in [-0.2, -0.15) is 0 Å². The predicted octanol–water partition coefficient (Wildman–Crippen LogP) is 3.46. The monoisotopic (exact) mass is 320 g/mol. The number of halogens is 1. The van der Waals surface area contributed by atoms with E-state index in [0.717, 1.165) is 21.4 Å². The van der Waals surface area contributed by atoms with Crippen LogP contribution >= 0.6 is 15.9 Å². The van der Waals surface area contributed by atoms with Crippen LogP contribution in [0, 0.1) is 6.92 Å². The lowest BCUT2D eigenvalue weighted by Gasteiger charge is -2.09. The average molecular weight is 321 g/mol. The standard InChI is InChI=1S/C14H13BrN2O2/c1-9-2-4-11(15)6-13(9)17-8-12-5-3-10(7-16-12)14(18)19/h2-7,17H,8H2,1H3,(H,18,19). The number of aromatic carboxylic acids is 1. The van der Waals surface area contributed by atoms with Crippen molar-refractivity contribution in [3.05, 3.63) is 57.8 Å². The summed E-state index contributed by atoms with van der Waals surface area (Å²) in [6.07, 6.45) is 1.37. The van der Waals surface area contributed by atoms with Crippen molar-refractivity contribution >= 4 is 27.6 Å². The predicted molar refractivity (Wildman–Crippen MR) is 77.4 cm³/mol. The first-order valence-electron chi connectivity index (χ1n) is 5.74. The van der Waals surface area contributed by atoms with Gasteiger partial charge in [-0.1, -0.05) is 22.0 Å². The van der Waals surface area contributed by atoms with Crippen molar-refractivity contribution in [1.82, 2.24) is 4.98 Å². The molecule has 0 unspecified atom stereocenters. The van der Waals surface area contributed by atoms with E-state index in [9.17, 15) is 4.79 Å². The number of hydrogen-bond donors (Lipinski definition) is 2. The molecule has 2 rings (SSSR count).